The first-order chi connectivity index (χ1) is 28.4. The van der Waals surface area contributed by atoms with Crippen LogP contribution in [0.4, 0.5) is 11.4 Å². The van der Waals surface area contributed by atoms with Gasteiger partial charge in [-0.1, -0.05) is 84.0 Å². The fourth-order valence-corrected chi connectivity index (χ4v) is 9.86. The normalized spacial score (nSPS) is 17.1. The molecule has 0 bridgehead atoms. The Morgan fingerprint density at radius 2 is 1.64 bits per heavy atom. The highest BCUT2D eigenvalue weighted by molar-refractivity contribution is 6.35. The second-order valence-electron chi connectivity index (χ2n) is 16.7. The number of anilines is 2. The summed E-state index contributed by atoms with van der Waals surface area (Å²) in [4.78, 5) is 41.8. The molecule has 0 radical (unpaired) electrons. The average Bonchev–Trinajstić information content (AvgIpc) is 3.98. The molecular formula is C46H46Cl3N7O3. The first-order valence-corrected chi connectivity index (χ1v) is 21.4. The van der Waals surface area contributed by atoms with E-state index in [0.29, 0.717) is 48.8 Å². The summed E-state index contributed by atoms with van der Waals surface area (Å²) < 4.78 is 2.06. The molecule has 4 heterocycles. The van der Waals surface area contributed by atoms with Crippen molar-refractivity contribution in [1.82, 2.24) is 24.8 Å². The molecule has 4 N–H and O–H groups in total. The maximum Gasteiger partial charge on any atom is 0.272 e. The van der Waals surface area contributed by atoms with Crippen LogP contribution in [0.15, 0.2) is 85.2 Å². The van der Waals surface area contributed by atoms with E-state index >= 15 is 4.79 Å². The molecular weight excluding hydrogens is 805 g/mol. The molecule has 6 aromatic rings. The molecule has 1 saturated carbocycles. The highest BCUT2D eigenvalue weighted by Gasteiger charge is 2.37. The number of halogens is 3. The molecule has 1 aliphatic carbocycles. The van der Waals surface area contributed by atoms with Crippen LogP contribution in [0, 0.1) is 5.92 Å². The van der Waals surface area contributed by atoms with Gasteiger partial charge in [0.1, 0.15) is 5.69 Å². The van der Waals surface area contributed by atoms with Gasteiger partial charge in [0.05, 0.1) is 40.7 Å². The topological polar surface area (TPSA) is 119 Å². The van der Waals surface area contributed by atoms with Gasteiger partial charge in [0.2, 0.25) is 0 Å². The Hall–Kier alpha value is -4.84. The zero-order valence-electron chi connectivity index (χ0n) is 33.0. The molecule has 9 rings (SSSR count). The lowest BCUT2D eigenvalue weighted by Crippen LogP contribution is -2.47. The molecule has 1 atom stereocenters. The molecule has 2 aliphatic heterocycles. The van der Waals surface area contributed by atoms with Crippen molar-refractivity contribution in [1.29, 1.82) is 0 Å². The number of rotatable bonds is 10. The van der Waals surface area contributed by atoms with Gasteiger partial charge in [0, 0.05) is 81.9 Å². The summed E-state index contributed by atoms with van der Waals surface area (Å²) in [7, 11) is 0. The minimum Gasteiger partial charge on any atom is -0.389 e. The van der Waals surface area contributed by atoms with Gasteiger partial charge >= 0.3 is 0 Å². The number of nitrogens with zero attached hydrogens (tertiary/aromatic N) is 4. The Morgan fingerprint density at radius 3 is 2.37 bits per heavy atom. The maximum absolute atomic E-state index is 15.0. The van der Waals surface area contributed by atoms with Crippen LogP contribution in [0.5, 0.6) is 0 Å². The van der Waals surface area contributed by atoms with Crippen molar-refractivity contribution in [3.63, 3.8) is 0 Å². The minimum atomic E-state index is -1.09. The number of aliphatic hydroxyl groups is 1. The van der Waals surface area contributed by atoms with Crippen molar-refractivity contribution in [3.05, 3.63) is 123 Å². The molecule has 2 amide bonds. The summed E-state index contributed by atoms with van der Waals surface area (Å²) >= 11 is 20.2. The highest BCUT2D eigenvalue weighted by atomic mass is 35.5. The van der Waals surface area contributed by atoms with Crippen molar-refractivity contribution in [2.75, 3.05) is 49.5 Å². The molecule has 13 heteroatoms. The number of imidazole rings is 1. The van der Waals surface area contributed by atoms with E-state index in [4.69, 9.17) is 39.8 Å². The summed E-state index contributed by atoms with van der Waals surface area (Å²) in [6.07, 6.45) is 7.05. The number of benzene rings is 4. The van der Waals surface area contributed by atoms with Gasteiger partial charge in [0.25, 0.3) is 11.8 Å². The maximum atomic E-state index is 15.0. The van der Waals surface area contributed by atoms with Crippen molar-refractivity contribution in [2.24, 2.45) is 5.92 Å². The molecule has 10 nitrogen and oxygen atoms in total. The number of carbonyl (C=O) groups is 2. The molecule has 0 spiro atoms. The molecule has 2 fully saturated rings. The molecule has 304 valence electrons. The Balaban J connectivity index is 1.14. The second kappa shape index (κ2) is 16.0. The zero-order chi connectivity index (χ0) is 41.0. The van der Waals surface area contributed by atoms with Gasteiger partial charge in [-0.2, -0.15) is 0 Å². The van der Waals surface area contributed by atoms with E-state index < -0.39 is 11.6 Å². The Bertz CT molecular complexity index is 2570. The first kappa shape index (κ1) is 39.6. The van der Waals surface area contributed by atoms with E-state index in [9.17, 15) is 9.90 Å². The van der Waals surface area contributed by atoms with Gasteiger partial charge in [-0.05, 0) is 86.2 Å². The van der Waals surface area contributed by atoms with Crippen molar-refractivity contribution in [2.45, 2.75) is 51.2 Å². The zero-order valence-corrected chi connectivity index (χ0v) is 35.3. The van der Waals surface area contributed by atoms with Gasteiger partial charge in [-0.25, -0.2) is 4.98 Å². The van der Waals surface area contributed by atoms with Gasteiger partial charge in [-0.3, -0.25) is 14.5 Å². The number of aromatic amines is 1. The van der Waals surface area contributed by atoms with Crippen LogP contribution in [-0.4, -0.2) is 81.2 Å². The van der Waals surface area contributed by atoms with Crippen LogP contribution >= 0.6 is 34.8 Å². The molecule has 2 aromatic heterocycles. The SMILES string of the molecule is CC(C)(O)CNC(=O)c1ccc(N2CCN(CC3CCCC3)CC2)c(NC(=O)c2[nH]c3cc(Cl)cc4c3c2-c2c(-c3ccccc3)ncn2C4c2ccc(Cl)cc2Cl)c1. The van der Waals surface area contributed by atoms with Crippen molar-refractivity contribution < 1.29 is 14.7 Å². The second-order valence-corrected chi connectivity index (χ2v) is 18.0. The van der Waals surface area contributed by atoms with E-state index in [1.807, 2.05) is 60.7 Å². The van der Waals surface area contributed by atoms with E-state index in [0.717, 1.165) is 72.1 Å². The van der Waals surface area contributed by atoms with Crippen LogP contribution in [0.3, 0.4) is 0 Å². The molecule has 59 heavy (non-hydrogen) atoms. The van der Waals surface area contributed by atoms with Gasteiger partial charge in [0.15, 0.2) is 0 Å². The number of aromatic nitrogens is 3. The summed E-state index contributed by atoms with van der Waals surface area (Å²) in [5.74, 6) is 0.0324. The Kier molecular flexibility index (Phi) is 10.7. The third-order valence-corrected chi connectivity index (χ3v) is 12.7. The van der Waals surface area contributed by atoms with Gasteiger partial charge < -0.3 is 30.2 Å². The number of piperazine rings is 1. The van der Waals surface area contributed by atoms with E-state index in [2.05, 4.69) is 30.0 Å². The Morgan fingerprint density at radius 1 is 0.881 bits per heavy atom. The van der Waals surface area contributed by atoms with Crippen molar-refractivity contribution in [3.8, 4) is 22.5 Å². The van der Waals surface area contributed by atoms with Crippen LogP contribution in [0.25, 0.3) is 33.4 Å². The number of carbonyl (C=O) groups excluding carboxylic acids is 2. The Labute approximate surface area is 358 Å². The average molecular weight is 851 g/mol. The summed E-state index contributed by atoms with van der Waals surface area (Å²) in [5, 5.41) is 18.7. The predicted octanol–water partition coefficient (Wildman–Crippen LogP) is 9.67. The van der Waals surface area contributed by atoms with Crippen LogP contribution in [-0.2, 0) is 0 Å². The smallest absolute Gasteiger partial charge is 0.272 e. The highest BCUT2D eigenvalue weighted by Crippen LogP contribution is 2.51. The third-order valence-electron chi connectivity index (χ3n) is 11.9. The molecule has 1 unspecified atom stereocenters. The summed E-state index contributed by atoms with van der Waals surface area (Å²) in [6.45, 7) is 7.88. The number of hydrogen-bond donors (Lipinski definition) is 4. The van der Waals surface area contributed by atoms with Crippen LogP contribution < -0.4 is 15.5 Å². The number of hydrogen-bond acceptors (Lipinski definition) is 6. The number of fused-ring (bicyclic) bond motifs is 2. The number of nitrogens with one attached hydrogen (secondary N) is 3. The first-order valence-electron chi connectivity index (χ1n) is 20.3. The summed E-state index contributed by atoms with van der Waals surface area (Å²) in [6, 6.07) is 24.1. The summed E-state index contributed by atoms with van der Waals surface area (Å²) in [5.41, 5.74) is 6.32. The fraction of sp³-hybridized carbons (Fsp3) is 0.326. The van der Waals surface area contributed by atoms with Gasteiger partial charge in [-0.15, -0.1) is 0 Å². The van der Waals surface area contributed by atoms with Crippen LogP contribution in [0.1, 0.15) is 77.5 Å². The monoisotopic (exact) mass is 849 g/mol. The molecule has 3 aliphatic rings. The fourth-order valence-electron chi connectivity index (χ4n) is 9.12. The quantitative estimate of drug-likeness (QED) is 0.109. The third kappa shape index (κ3) is 7.85. The molecule has 4 aromatic carbocycles. The van der Waals surface area contributed by atoms with E-state index in [-0.39, 0.29) is 18.4 Å². The largest absolute Gasteiger partial charge is 0.389 e. The van der Waals surface area contributed by atoms with E-state index in [1.165, 1.54) is 25.7 Å². The molecule has 1 saturated heterocycles. The van der Waals surface area contributed by atoms with E-state index in [1.54, 1.807) is 38.4 Å². The standard InChI is InChI=1S/C46H46Cl3N7O3/c1-46(2,59)25-50-44(57)29-12-15-37(55-18-16-54(17-19-55)24-27-8-6-7-9-27)35(20-29)53-45(58)41-39-38-33(21-31(48)23-36(38)52-41)42(32-14-13-30(47)22-34(32)49)56-26-51-40(43(39)56)28-10-4-3-5-11-28/h3-5,10-15,20-23,26-27,42,52,59H,6-9,16-19,24-25H2,1-2H3,(H,50,57)(H,53,58). The van der Waals surface area contributed by atoms with Crippen molar-refractivity contribution >= 4 is 68.9 Å². The minimum absolute atomic E-state index is 0.0706. The lowest BCUT2D eigenvalue weighted by atomic mass is 9.87. The predicted molar refractivity (Wildman–Crippen MR) is 237 cm³/mol. The number of H-pyrrole nitrogens is 1. The lowest BCUT2D eigenvalue weighted by molar-refractivity contribution is 0.0694. The van der Waals surface area contributed by atoms with Crippen LogP contribution in [0.2, 0.25) is 15.1 Å². The number of amides is 2. The lowest BCUT2D eigenvalue weighted by Gasteiger charge is -2.38.